The van der Waals surface area contributed by atoms with E-state index in [0.717, 1.165) is 5.56 Å². The third-order valence-electron chi connectivity index (χ3n) is 5.33. The van der Waals surface area contributed by atoms with Gasteiger partial charge in [0.1, 0.15) is 0 Å². The van der Waals surface area contributed by atoms with Crippen molar-refractivity contribution in [2.75, 3.05) is 21.3 Å². The second kappa shape index (κ2) is 9.95. The fraction of sp³-hybridized carbons (Fsp3) is 0.111. The van der Waals surface area contributed by atoms with Crippen molar-refractivity contribution in [3.8, 4) is 34.2 Å². The van der Waals surface area contributed by atoms with Crippen LogP contribution in [0.2, 0.25) is 0 Å². The summed E-state index contributed by atoms with van der Waals surface area (Å²) >= 11 is 0. The van der Waals surface area contributed by atoms with E-state index < -0.39 is 0 Å². The first kappa shape index (κ1) is 22.7. The highest BCUT2D eigenvalue weighted by Gasteiger charge is 2.13. The number of imidazole rings is 1. The molecule has 0 unspecified atom stereocenters. The van der Waals surface area contributed by atoms with Crippen molar-refractivity contribution >= 4 is 11.9 Å². The lowest BCUT2D eigenvalue weighted by Gasteiger charge is -2.12. The quantitative estimate of drug-likeness (QED) is 0.306. The Morgan fingerprint density at radius 2 is 1.59 bits per heavy atom. The van der Waals surface area contributed by atoms with Gasteiger partial charge in [0.2, 0.25) is 5.75 Å². The van der Waals surface area contributed by atoms with Crippen molar-refractivity contribution in [3.63, 3.8) is 0 Å². The molecule has 0 fully saturated rings. The van der Waals surface area contributed by atoms with Crippen LogP contribution in [-0.4, -0.2) is 36.7 Å². The Morgan fingerprint density at radius 3 is 2.24 bits per heavy atom. The van der Waals surface area contributed by atoms with Gasteiger partial charge in [0, 0.05) is 11.8 Å². The van der Waals surface area contributed by atoms with Crippen LogP contribution in [0, 0.1) is 0 Å². The number of hydrogen-bond donors (Lipinski definition) is 1. The van der Waals surface area contributed by atoms with Crippen LogP contribution in [0.3, 0.4) is 0 Å². The summed E-state index contributed by atoms with van der Waals surface area (Å²) < 4.78 is 17.5. The summed E-state index contributed by atoms with van der Waals surface area (Å²) in [6.07, 6.45) is 4.87. The predicted molar refractivity (Wildman–Crippen MR) is 131 cm³/mol. The van der Waals surface area contributed by atoms with E-state index in [2.05, 4.69) is 4.98 Å². The lowest BCUT2D eigenvalue weighted by molar-refractivity contribution is 0.104. The van der Waals surface area contributed by atoms with Crippen LogP contribution in [0.1, 0.15) is 15.9 Å². The Balaban J connectivity index is 1.61. The van der Waals surface area contributed by atoms with Crippen LogP contribution < -0.4 is 19.9 Å². The molecule has 4 aromatic rings. The zero-order valence-electron chi connectivity index (χ0n) is 19.1. The van der Waals surface area contributed by atoms with Crippen molar-refractivity contribution in [2.24, 2.45) is 0 Å². The van der Waals surface area contributed by atoms with E-state index in [9.17, 15) is 9.59 Å². The third-order valence-corrected chi connectivity index (χ3v) is 5.33. The molecule has 0 aliphatic carbocycles. The van der Waals surface area contributed by atoms with Crippen molar-refractivity contribution < 1.29 is 19.0 Å². The van der Waals surface area contributed by atoms with Crippen molar-refractivity contribution in [2.45, 2.75) is 0 Å². The average molecular weight is 456 g/mol. The minimum Gasteiger partial charge on any atom is -0.493 e. The molecular formula is C27H24N2O5. The monoisotopic (exact) mass is 456 g/mol. The SMILES string of the molecule is COc1cc(/C=C/C(=O)c2cccc(-n3cc(-c4ccccc4)[nH]c3=O)c2)cc(OC)c1OC. The van der Waals surface area contributed by atoms with Crippen molar-refractivity contribution in [3.05, 3.63) is 101 Å². The largest absolute Gasteiger partial charge is 0.493 e. The van der Waals surface area contributed by atoms with Crippen LogP contribution in [0.4, 0.5) is 0 Å². The summed E-state index contributed by atoms with van der Waals surface area (Å²) in [6.45, 7) is 0. The summed E-state index contributed by atoms with van der Waals surface area (Å²) in [6, 6.07) is 20.0. The van der Waals surface area contributed by atoms with E-state index in [1.54, 1.807) is 48.7 Å². The average Bonchev–Trinajstić information content (AvgIpc) is 3.28. The van der Waals surface area contributed by atoms with Gasteiger partial charge >= 0.3 is 5.69 Å². The predicted octanol–water partition coefficient (Wildman–Crippen LogP) is 4.75. The Kier molecular flexibility index (Phi) is 6.64. The van der Waals surface area contributed by atoms with E-state index in [4.69, 9.17) is 14.2 Å². The van der Waals surface area contributed by atoms with E-state index in [0.29, 0.717) is 39.8 Å². The molecule has 0 aliphatic rings. The van der Waals surface area contributed by atoms with Gasteiger partial charge in [-0.1, -0.05) is 48.5 Å². The number of rotatable bonds is 8. The number of carbonyl (C=O) groups excluding carboxylic acids is 1. The zero-order chi connectivity index (χ0) is 24.1. The second-order valence-electron chi connectivity index (χ2n) is 7.42. The van der Waals surface area contributed by atoms with Gasteiger partial charge in [-0.05, 0) is 41.5 Å². The molecule has 3 aromatic carbocycles. The van der Waals surface area contributed by atoms with Gasteiger partial charge in [0.25, 0.3) is 0 Å². The topological polar surface area (TPSA) is 82.6 Å². The molecule has 172 valence electrons. The molecule has 1 aromatic heterocycles. The van der Waals surface area contributed by atoms with Crippen LogP contribution in [-0.2, 0) is 0 Å². The summed E-state index contributed by atoms with van der Waals surface area (Å²) in [5.74, 6) is 1.27. The van der Waals surface area contributed by atoms with Crippen LogP contribution >= 0.6 is 0 Å². The lowest BCUT2D eigenvalue weighted by Crippen LogP contribution is -2.14. The Hall–Kier alpha value is -4.52. The zero-order valence-corrected chi connectivity index (χ0v) is 19.1. The van der Waals surface area contributed by atoms with Gasteiger partial charge in [0.05, 0.1) is 32.7 Å². The number of nitrogens with zero attached hydrogens (tertiary/aromatic N) is 1. The summed E-state index contributed by atoms with van der Waals surface area (Å²) in [7, 11) is 4.60. The van der Waals surface area contributed by atoms with Crippen LogP contribution in [0.25, 0.3) is 23.0 Å². The van der Waals surface area contributed by atoms with Gasteiger partial charge in [-0.25, -0.2) is 4.79 Å². The number of H-pyrrole nitrogens is 1. The minimum absolute atomic E-state index is 0.206. The minimum atomic E-state index is -0.281. The molecule has 1 heterocycles. The van der Waals surface area contributed by atoms with Crippen molar-refractivity contribution in [1.82, 2.24) is 9.55 Å². The highest BCUT2D eigenvalue weighted by molar-refractivity contribution is 6.07. The Labute approximate surface area is 196 Å². The highest BCUT2D eigenvalue weighted by Crippen LogP contribution is 2.38. The summed E-state index contributed by atoms with van der Waals surface area (Å²) in [4.78, 5) is 28.3. The molecule has 0 saturated carbocycles. The summed E-state index contributed by atoms with van der Waals surface area (Å²) in [5.41, 5.74) is 3.08. The first-order chi connectivity index (χ1) is 16.5. The van der Waals surface area contributed by atoms with Gasteiger partial charge in [-0.2, -0.15) is 0 Å². The third kappa shape index (κ3) is 4.63. The number of carbonyl (C=O) groups is 1. The standard InChI is InChI=1S/C27H24N2O5/c1-32-24-14-18(15-25(33-2)26(24)34-3)12-13-23(30)20-10-7-11-21(16-20)29-17-22(28-27(29)31)19-8-5-4-6-9-19/h4-17H,1-3H3,(H,28,31)/b13-12+. The maximum atomic E-state index is 12.9. The molecular weight excluding hydrogens is 432 g/mol. The molecule has 0 radical (unpaired) electrons. The smallest absolute Gasteiger partial charge is 0.330 e. The fourth-order valence-corrected chi connectivity index (χ4v) is 3.63. The number of ketones is 1. The van der Waals surface area contributed by atoms with Gasteiger partial charge < -0.3 is 19.2 Å². The molecule has 7 nitrogen and oxygen atoms in total. The van der Waals surface area contributed by atoms with Crippen LogP contribution in [0.15, 0.2) is 83.8 Å². The van der Waals surface area contributed by atoms with Crippen LogP contribution in [0.5, 0.6) is 17.2 Å². The number of ether oxygens (including phenoxy) is 3. The maximum Gasteiger partial charge on any atom is 0.330 e. The highest BCUT2D eigenvalue weighted by atomic mass is 16.5. The number of aromatic nitrogens is 2. The number of nitrogens with one attached hydrogen (secondary N) is 1. The van der Waals surface area contributed by atoms with Gasteiger partial charge in [-0.15, -0.1) is 0 Å². The molecule has 0 amide bonds. The maximum absolute atomic E-state index is 12.9. The van der Waals surface area contributed by atoms with E-state index in [1.807, 2.05) is 30.3 Å². The first-order valence-electron chi connectivity index (χ1n) is 10.5. The first-order valence-corrected chi connectivity index (χ1v) is 10.5. The molecule has 1 N–H and O–H groups in total. The lowest BCUT2D eigenvalue weighted by atomic mass is 10.1. The molecule has 34 heavy (non-hydrogen) atoms. The second-order valence-corrected chi connectivity index (χ2v) is 7.42. The molecule has 0 atom stereocenters. The molecule has 0 spiro atoms. The molecule has 0 bridgehead atoms. The molecule has 0 aliphatic heterocycles. The normalized spacial score (nSPS) is 10.9. The number of aromatic amines is 1. The Bertz CT molecular complexity index is 1380. The Morgan fingerprint density at radius 1 is 0.882 bits per heavy atom. The van der Waals surface area contributed by atoms with Gasteiger partial charge in [-0.3, -0.25) is 9.36 Å². The summed E-state index contributed by atoms with van der Waals surface area (Å²) in [5, 5.41) is 0. The number of methoxy groups -OCH3 is 3. The fourth-order valence-electron chi connectivity index (χ4n) is 3.63. The van der Waals surface area contributed by atoms with E-state index in [1.165, 1.54) is 32.0 Å². The molecule has 7 heteroatoms. The van der Waals surface area contributed by atoms with Crippen molar-refractivity contribution in [1.29, 1.82) is 0 Å². The molecule has 0 saturated heterocycles. The van der Waals surface area contributed by atoms with E-state index in [-0.39, 0.29) is 11.5 Å². The van der Waals surface area contributed by atoms with Gasteiger partial charge in [0.15, 0.2) is 17.3 Å². The number of benzene rings is 3. The molecule has 4 rings (SSSR count). The number of hydrogen-bond acceptors (Lipinski definition) is 5. The van der Waals surface area contributed by atoms with E-state index >= 15 is 0 Å². The number of allylic oxidation sites excluding steroid dienone is 1.